The number of hydrogen-bond donors (Lipinski definition) is 0. The largest absolute Gasteiger partial charge is 0.490 e. The second kappa shape index (κ2) is 7.78. The van der Waals surface area contributed by atoms with E-state index in [9.17, 15) is 9.59 Å². The van der Waals surface area contributed by atoms with Crippen molar-refractivity contribution in [3.05, 3.63) is 29.8 Å². The first-order chi connectivity index (χ1) is 10.2. The highest BCUT2D eigenvalue weighted by Gasteiger charge is 2.16. The Kier molecular flexibility index (Phi) is 5.75. The Morgan fingerprint density at radius 1 is 1.29 bits per heavy atom. The second-order valence-corrected chi connectivity index (χ2v) is 5.05. The molecule has 0 N–H and O–H groups in total. The summed E-state index contributed by atoms with van der Waals surface area (Å²) in [5.74, 6) is 0.0879. The van der Waals surface area contributed by atoms with Crippen LogP contribution in [0.2, 0.25) is 0 Å². The highest BCUT2D eigenvalue weighted by Crippen LogP contribution is 2.19. The number of carbonyl (C=O) groups excluding carboxylic acids is 2. The number of Topliss-reactive ketones (excluding diaryl/α,β-unsaturated/α-hetero) is 1. The van der Waals surface area contributed by atoms with Crippen LogP contribution in [0.25, 0.3) is 0 Å². The number of methoxy groups -OCH3 is 1. The number of hydrogen-bond acceptors (Lipinski definition) is 5. The van der Waals surface area contributed by atoms with Gasteiger partial charge in [0.25, 0.3) is 0 Å². The molecule has 5 nitrogen and oxygen atoms in total. The first-order valence-corrected chi connectivity index (χ1v) is 7.09. The monoisotopic (exact) mass is 292 g/mol. The fourth-order valence-corrected chi connectivity index (χ4v) is 2.24. The van der Waals surface area contributed by atoms with Gasteiger partial charge in [-0.25, -0.2) is 0 Å². The topological polar surface area (TPSA) is 61.8 Å². The van der Waals surface area contributed by atoms with Gasteiger partial charge < -0.3 is 14.2 Å². The van der Waals surface area contributed by atoms with Crippen molar-refractivity contribution in [1.29, 1.82) is 0 Å². The van der Waals surface area contributed by atoms with Crippen molar-refractivity contribution in [2.45, 2.75) is 31.8 Å². The summed E-state index contributed by atoms with van der Waals surface area (Å²) >= 11 is 0. The number of esters is 1. The summed E-state index contributed by atoms with van der Waals surface area (Å²) in [5.41, 5.74) is 0.841. The standard InChI is InChI=1S/C16H20O5/c1-19-16(18)11-13(17)9-12-3-2-4-15(10-12)21-14-5-7-20-8-6-14/h2-4,10,14H,5-9,11H2,1H3. The summed E-state index contributed by atoms with van der Waals surface area (Å²) in [6, 6.07) is 7.44. The summed E-state index contributed by atoms with van der Waals surface area (Å²) in [7, 11) is 1.28. The van der Waals surface area contributed by atoms with Crippen LogP contribution in [0.4, 0.5) is 0 Å². The Hall–Kier alpha value is -1.88. The SMILES string of the molecule is COC(=O)CC(=O)Cc1cccc(OC2CCOCC2)c1. The zero-order chi connectivity index (χ0) is 15.1. The molecule has 0 bridgehead atoms. The van der Waals surface area contributed by atoms with Gasteiger partial charge in [-0.15, -0.1) is 0 Å². The van der Waals surface area contributed by atoms with Crippen LogP contribution < -0.4 is 4.74 Å². The highest BCUT2D eigenvalue weighted by atomic mass is 16.5. The molecular formula is C16H20O5. The minimum Gasteiger partial charge on any atom is -0.490 e. The summed E-state index contributed by atoms with van der Waals surface area (Å²) in [6.45, 7) is 1.45. The van der Waals surface area contributed by atoms with Gasteiger partial charge in [-0.3, -0.25) is 9.59 Å². The third-order valence-electron chi connectivity index (χ3n) is 3.34. The maximum Gasteiger partial charge on any atom is 0.313 e. The fourth-order valence-electron chi connectivity index (χ4n) is 2.24. The van der Waals surface area contributed by atoms with Crippen LogP contribution in [-0.2, 0) is 25.5 Å². The number of rotatable bonds is 6. The Balaban J connectivity index is 1.90. The molecule has 0 unspecified atom stereocenters. The zero-order valence-corrected chi connectivity index (χ0v) is 12.2. The molecule has 1 saturated heterocycles. The Morgan fingerprint density at radius 2 is 2.05 bits per heavy atom. The quantitative estimate of drug-likeness (QED) is 0.592. The normalized spacial score (nSPS) is 15.5. The van der Waals surface area contributed by atoms with Crippen LogP contribution in [0, 0.1) is 0 Å². The van der Waals surface area contributed by atoms with E-state index in [-0.39, 0.29) is 24.7 Å². The molecule has 1 fully saturated rings. The van der Waals surface area contributed by atoms with Crippen molar-refractivity contribution in [3.8, 4) is 5.75 Å². The van der Waals surface area contributed by atoms with E-state index in [1.807, 2.05) is 24.3 Å². The molecule has 0 aliphatic carbocycles. The summed E-state index contributed by atoms with van der Waals surface area (Å²) in [4.78, 5) is 22.8. The highest BCUT2D eigenvalue weighted by molar-refractivity contribution is 5.96. The second-order valence-electron chi connectivity index (χ2n) is 5.05. The first-order valence-electron chi connectivity index (χ1n) is 7.09. The molecule has 2 rings (SSSR count). The lowest BCUT2D eigenvalue weighted by Crippen LogP contribution is -2.25. The number of ketones is 1. The van der Waals surface area contributed by atoms with E-state index in [0.29, 0.717) is 0 Å². The Morgan fingerprint density at radius 3 is 2.76 bits per heavy atom. The van der Waals surface area contributed by atoms with Gasteiger partial charge in [0.05, 0.1) is 20.3 Å². The van der Waals surface area contributed by atoms with Crippen LogP contribution in [-0.4, -0.2) is 38.2 Å². The van der Waals surface area contributed by atoms with Crippen LogP contribution in [0.1, 0.15) is 24.8 Å². The molecule has 1 aromatic rings. The third kappa shape index (κ3) is 5.19. The number of benzene rings is 1. The maximum atomic E-state index is 11.7. The predicted molar refractivity (Wildman–Crippen MR) is 76.3 cm³/mol. The maximum absolute atomic E-state index is 11.7. The van der Waals surface area contributed by atoms with Gasteiger partial charge in [-0.05, 0) is 17.7 Å². The smallest absolute Gasteiger partial charge is 0.313 e. The lowest BCUT2D eigenvalue weighted by Gasteiger charge is -2.23. The lowest BCUT2D eigenvalue weighted by atomic mass is 10.1. The molecule has 0 saturated carbocycles. The van der Waals surface area contributed by atoms with Crippen molar-refractivity contribution >= 4 is 11.8 Å². The first kappa shape index (κ1) is 15.5. The molecule has 1 aliphatic heterocycles. The van der Waals surface area contributed by atoms with E-state index in [2.05, 4.69) is 4.74 Å². The van der Waals surface area contributed by atoms with E-state index >= 15 is 0 Å². The number of carbonyl (C=O) groups is 2. The molecule has 1 aliphatic rings. The van der Waals surface area contributed by atoms with Crippen molar-refractivity contribution in [1.82, 2.24) is 0 Å². The molecule has 0 aromatic heterocycles. The van der Waals surface area contributed by atoms with Crippen molar-refractivity contribution in [2.24, 2.45) is 0 Å². The average Bonchev–Trinajstić information content (AvgIpc) is 2.48. The predicted octanol–water partition coefficient (Wildman–Crippen LogP) is 1.92. The molecule has 1 aromatic carbocycles. The fraction of sp³-hybridized carbons (Fsp3) is 0.500. The van der Waals surface area contributed by atoms with Crippen molar-refractivity contribution in [2.75, 3.05) is 20.3 Å². The average molecular weight is 292 g/mol. The third-order valence-corrected chi connectivity index (χ3v) is 3.34. The molecule has 114 valence electrons. The van der Waals surface area contributed by atoms with Crippen LogP contribution >= 0.6 is 0 Å². The van der Waals surface area contributed by atoms with Gasteiger partial charge in [0.2, 0.25) is 0 Å². The molecular weight excluding hydrogens is 272 g/mol. The van der Waals surface area contributed by atoms with E-state index in [0.717, 1.165) is 37.4 Å². The minimum absolute atomic E-state index is 0.162. The van der Waals surface area contributed by atoms with E-state index in [1.54, 1.807) is 0 Å². The molecule has 0 spiro atoms. The minimum atomic E-state index is -0.505. The molecule has 1 heterocycles. The van der Waals surface area contributed by atoms with Crippen molar-refractivity contribution < 1.29 is 23.8 Å². The van der Waals surface area contributed by atoms with Gasteiger partial charge in [-0.2, -0.15) is 0 Å². The van der Waals surface area contributed by atoms with Crippen LogP contribution in [0.15, 0.2) is 24.3 Å². The molecule has 0 atom stereocenters. The van der Waals surface area contributed by atoms with E-state index < -0.39 is 5.97 Å². The summed E-state index contributed by atoms with van der Waals surface area (Å²) < 4.78 is 15.7. The van der Waals surface area contributed by atoms with Gasteiger partial charge in [-0.1, -0.05) is 12.1 Å². The van der Waals surface area contributed by atoms with Gasteiger partial charge >= 0.3 is 5.97 Å². The number of ether oxygens (including phenoxy) is 3. The summed E-state index contributed by atoms with van der Waals surface area (Å²) in [5, 5.41) is 0. The zero-order valence-electron chi connectivity index (χ0n) is 12.2. The van der Waals surface area contributed by atoms with Crippen LogP contribution in [0.3, 0.4) is 0 Å². The molecule has 21 heavy (non-hydrogen) atoms. The van der Waals surface area contributed by atoms with Crippen LogP contribution in [0.5, 0.6) is 5.75 Å². The van der Waals surface area contributed by atoms with E-state index in [1.165, 1.54) is 7.11 Å². The van der Waals surface area contributed by atoms with Gasteiger partial charge in [0, 0.05) is 19.3 Å². The lowest BCUT2D eigenvalue weighted by molar-refractivity contribution is -0.143. The Labute approximate surface area is 124 Å². The summed E-state index contributed by atoms with van der Waals surface area (Å²) in [6.07, 6.45) is 1.94. The van der Waals surface area contributed by atoms with Gasteiger partial charge in [0.15, 0.2) is 0 Å². The molecule has 0 amide bonds. The molecule has 0 radical (unpaired) electrons. The van der Waals surface area contributed by atoms with Gasteiger partial charge in [0.1, 0.15) is 24.1 Å². The Bertz CT molecular complexity index is 491. The van der Waals surface area contributed by atoms with E-state index in [4.69, 9.17) is 9.47 Å². The van der Waals surface area contributed by atoms with Crippen molar-refractivity contribution in [3.63, 3.8) is 0 Å². The molecule has 5 heteroatoms.